The van der Waals surface area contributed by atoms with E-state index in [4.69, 9.17) is 4.74 Å². The smallest absolute Gasteiger partial charge is 0.254 e. The van der Waals surface area contributed by atoms with E-state index >= 15 is 0 Å². The van der Waals surface area contributed by atoms with Crippen LogP contribution in [0.1, 0.15) is 18.2 Å². The molecule has 1 aliphatic heterocycles. The van der Waals surface area contributed by atoms with Crippen molar-refractivity contribution in [3.63, 3.8) is 0 Å². The van der Waals surface area contributed by atoms with E-state index in [1.54, 1.807) is 0 Å². The predicted molar refractivity (Wildman–Crippen MR) is 80.9 cm³/mol. The van der Waals surface area contributed by atoms with Gasteiger partial charge in [0, 0.05) is 30.8 Å². The molecule has 0 bridgehead atoms. The Labute approximate surface area is 123 Å². The first kappa shape index (κ1) is 14.0. The van der Waals surface area contributed by atoms with Gasteiger partial charge in [-0.2, -0.15) is 0 Å². The molecule has 0 radical (unpaired) electrons. The maximum atomic E-state index is 12.2. The number of benzene rings is 1. The summed E-state index contributed by atoms with van der Waals surface area (Å²) in [7, 11) is 0. The zero-order valence-corrected chi connectivity index (χ0v) is 12.1. The minimum absolute atomic E-state index is 0.0186. The van der Waals surface area contributed by atoms with Crippen LogP contribution in [-0.4, -0.2) is 34.8 Å². The number of aromatic nitrogens is 2. The maximum absolute atomic E-state index is 12.2. The molecular weight excluding hydrogens is 266 g/mol. The number of hydrogen-bond acceptors (Lipinski definition) is 4. The quantitative estimate of drug-likeness (QED) is 0.930. The highest BCUT2D eigenvalue weighted by Crippen LogP contribution is 2.18. The fraction of sp³-hybridized carbons (Fsp3) is 0.375. The SMILES string of the molecule is CCOCN1CCc2c(nc(-c3ccccc3)[nH]c2=O)C1. The Morgan fingerprint density at radius 3 is 2.90 bits per heavy atom. The molecule has 110 valence electrons. The van der Waals surface area contributed by atoms with Gasteiger partial charge in [-0.25, -0.2) is 4.98 Å². The largest absolute Gasteiger partial charge is 0.366 e. The van der Waals surface area contributed by atoms with Gasteiger partial charge in [0.25, 0.3) is 5.56 Å². The van der Waals surface area contributed by atoms with Crippen LogP contribution in [0.4, 0.5) is 0 Å². The van der Waals surface area contributed by atoms with Gasteiger partial charge < -0.3 is 9.72 Å². The third kappa shape index (κ3) is 3.04. The highest BCUT2D eigenvalue weighted by atomic mass is 16.5. The summed E-state index contributed by atoms with van der Waals surface area (Å²) in [6.07, 6.45) is 0.722. The van der Waals surface area contributed by atoms with Gasteiger partial charge in [-0.05, 0) is 13.3 Å². The summed E-state index contributed by atoms with van der Waals surface area (Å²) < 4.78 is 5.45. The predicted octanol–water partition coefficient (Wildman–Crippen LogP) is 1.79. The van der Waals surface area contributed by atoms with Crippen molar-refractivity contribution >= 4 is 0 Å². The molecule has 2 heterocycles. The highest BCUT2D eigenvalue weighted by Gasteiger charge is 2.21. The number of nitrogens with one attached hydrogen (secondary N) is 1. The molecule has 2 aromatic rings. The van der Waals surface area contributed by atoms with Crippen molar-refractivity contribution in [3.05, 3.63) is 51.9 Å². The van der Waals surface area contributed by atoms with Crippen LogP contribution in [0.5, 0.6) is 0 Å². The average molecular weight is 285 g/mol. The van der Waals surface area contributed by atoms with Crippen LogP contribution in [0.3, 0.4) is 0 Å². The van der Waals surface area contributed by atoms with Crippen molar-refractivity contribution in [2.45, 2.75) is 19.9 Å². The van der Waals surface area contributed by atoms with Crippen LogP contribution in [0.25, 0.3) is 11.4 Å². The summed E-state index contributed by atoms with van der Waals surface area (Å²) >= 11 is 0. The van der Waals surface area contributed by atoms with E-state index in [0.29, 0.717) is 25.7 Å². The van der Waals surface area contributed by atoms with Gasteiger partial charge >= 0.3 is 0 Å². The summed E-state index contributed by atoms with van der Waals surface area (Å²) in [4.78, 5) is 22.0. The molecule has 0 fully saturated rings. The van der Waals surface area contributed by atoms with Gasteiger partial charge in [-0.3, -0.25) is 9.69 Å². The van der Waals surface area contributed by atoms with E-state index < -0.39 is 0 Å². The van der Waals surface area contributed by atoms with Gasteiger partial charge in [0.15, 0.2) is 0 Å². The van der Waals surface area contributed by atoms with Crippen molar-refractivity contribution in [1.29, 1.82) is 0 Å². The molecule has 0 atom stereocenters. The standard InChI is InChI=1S/C16H19N3O2/c1-2-21-11-19-9-8-13-14(10-19)17-15(18-16(13)20)12-6-4-3-5-7-12/h3-7H,2,8-11H2,1H3,(H,17,18,20). The molecule has 0 saturated carbocycles. The van der Waals surface area contributed by atoms with Crippen molar-refractivity contribution in [2.24, 2.45) is 0 Å². The number of nitrogens with zero attached hydrogens (tertiary/aromatic N) is 2. The Bertz CT molecular complexity index is 667. The first-order chi connectivity index (χ1) is 10.3. The normalized spacial score (nSPS) is 14.9. The number of hydrogen-bond donors (Lipinski definition) is 1. The number of fused-ring (bicyclic) bond motifs is 1. The van der Waals surface area contributed by atoms with E-state index in [9.17, 15) is 4.79 Å². The summed E-state index contributed by atoms with van der Waals surface area (Å²) in [5, 5.41) is 0. The molecule has 0 aliphatic carbocycles. The topological polar surface area (TPSA) is 58.2 Å². The Morgan fingerprint density at radius 2 is 2.14 bits per heavy atom. The fourth-order valence-corrected chi connectivity index (χ4v) is 2.56. The Morgan fingerprint density at radius 1 is 1.33 bits per heavy atom. The minimum Gasteiger partial charge on any atom is -0.366 e. The molecule has 0 spiro atoms. The molecule has 3 rings (SSSR count). The fourth-order valence-electron chi connectivity index (χ4n) is 2.56. The molecule has 21 heavy (non-hydrogen) atoms. The molecule has 5 heteroatoms. The molecule has 1 aliphatic rings. The minimum atomic E-state index is -0.0186. The molecule has 1 aromatic carbocycles. The first-order valence-corrected chi connectivity index (χ1v) is 7.25. The third-order valence-electron chi connectivity index (χ3n) is 3.68. The summed E-state index contributed by atoms with van der Waals surface area (Å²) in [6.45, 7) is 4.77. The second-order valence-corrected chi connectivity index (χ2v) is 5.13. The molecule has 0 amide bonds. The third-order valence-corrected chi connectivity index (χ3v) is 3.68. The molecule has 1 N–H and O–H groups in total. The maximum Gasteiger partial charge on any atom is 0.254 e. The molecule has 0 unspecified atom stereocenters. The van der Waals surface area contributed by atoms with E-state index in [-0.39, 0.29) is 5.56 Å². The lowest BCUT2D eigenvalue weighted by molar-refractivity contribution is 0.0269. The molecule has 0 saturated heterocycles. The van der Waals surface area contributed by atoms with Crippen molar-refractivity contribution < 1.29 is 4.74 Å². The highest BCUT2D eigenvalue weighted by molar-refractivity contribution is 5.54. The van der Waals surface area contributed by atoms with Gasteiger partial charge in [0.05, 0.1) is 12.4 Å². The van der Waals surface area contributed by atoms with E-state index in [1.807, 2.05) is 37.3 Å². The van der Waals surface area contributed by atoms with Crippen LogP contribution < -0.4 is 5.56 Å². The van der Waals surface area contributed by atoms with Crippen molar-refractivity contribution in [1.82, 2.24) is 14.9 Å². The van der Waals surface area contributed by atoms with Crippen molar-refractivity contribution in [2.75, 3.05) is 19.9 Å². The lowest BCUT2D eigenvalue weighted by Gasteiger charge is -2.27. The monoisotopic (exact) mass is 285 g/mol. The van der Waals surface area contributed by atoms with Crippen molar-refractivity contribution in [3.8, 4) is 11.4 Å². The van der Waals surface area contributed by atoms with E-state index in [1.165, 1.54) is 0 Å². The average Bonchev–Trinajstić information content (AvgIpc) is 2.53. The van der Waals surface area contributed by atoms with Crippen LogP contribution >= 0.6 is 0 Å². The molecular formula is C16H19N3O2. The summed E-state index contributed by atoms with van der Waals surface area (Å²) in [5.74, 6) is 0.637. The number of aromatic amines is 1. The zero-order chi connectivity index (χ0) is 14.7. The number of rotatable bonds is 4. The van der Waals surface area contributed by atoms with E-state index in [0.717, 1.165) is 29.8 Å². The second-order valence-electron chi connectivity index (χ2n) is 5.13. The number of ether oxygens (including phenoxy) is 1. The molecule has 5 nitrogen and oxygen atoms in total. The Balaban J connectivity index is 1.91. The lowest BCUT2D eigenvalue weighted by Crippen LogP contribution is -2.36. The van der Waals surface area contributed by atoms with Gasteiger partial charge in [-0.15, -0.1) is 0 Å². The first-order valence-electron chi connectivity index (χ1n) is 7.25. The lowest BCUT2D eigenvalue weighted by atomic mass is 10.1. The van der Waals surface area contributed by atoms with Gasteiger partial charge in [0.2, 0.25) is 0 Å². The second kappa shape index (κ2) is 6.20. The van der Waals surface area contributed by atoms with Crippen LogP contribution in [-0.2, 0) is 17.7 Å². The van der Waals surface area contributed by atoms with Gasteiger partial charge in [0.1, 0.15) is 5.82 Å². The molecule has 1 aromatic heterocycles. The summed E-state index contributed by atoms with van der Waals surface area (Å²) in [5.41, 5.74) is 2.58. The van der Waals surface area contributed by atoms with Gasteiger partial charge in [-0.1, -0.05) is 30.3 Å². The van der Waals surface area contributed by atoms with Crippen LogP contribution in [0.2, 0.25) is 0 Å². The number of H-pyrrole nitrogens is 1. The van der Waals surface area contributed by atoms with Crippen LogP contribution in [0.15, 0.2) is 35.1 Å². The van der Waals surface area contributed by atoms with E-state index in [2.05, 4.69) is 14.9 Å². The Hall–Kier alpha value is -1.98. The summed E-state index contributed by atoms with van der Waals surface area (Å²) in [6, 6.07) is 9.73. The Kier molecular flexibility index (Phi) is 4.13. The van der Waals surface area contributed by atoms with Crippen LogP contribution in [0, 0.1) is 0 Å². The zero-order valence-electron chi connectivity index (χ0n) is 12.1.